The fraction of sp³-hybridized carbons (Fsp3) is 0.333. The van der Waals surface area contributed by atoms with Gasteiger partial charge in [0.25, 0.3) is 0 Å². The average molecular weight is 272 g/mol. The molecule has 0 fully saturated rings. The van der Waals surface area contributed by atoms with Crippen molar-refractivity contribution in [1.29, 1.82) is 0 Å². The molecule has 0 amide bonds. The third kappa shape index (κ3) is 2.48. The van der Waals surface area contributed by atoms with Gasteiger partial charge in [-0.2, -0.15) is 0 Å². The van der Waals surface area contributed by atoms with E-state index in [0.29, 0.717) is 5.02 Å². The summed E-state index contributed by atoms with van der Waals surface area (Å²) in [5.41, 5.74) is 1.76. The number of aromatic nitrogens is 1. The van der Waals surface area contributed by atoms with Crippen molar-refractivity contribution in [3.63, 3.8) is 0 Å². The Morgan fingerprint density at radius 1 is 1.35 bits per heavy atom. The van der Waals surface area contributed by atoms with Crippen LogP contribution in [0.15, 0.2) is 24.4 Å². The van der Waals surface area contributed by atoms with Crippen molar-refractivity contribution in [2.24, 2.45) is 0 Å². The number of benzene rings is 1. The zero-order valence-electron chi connectivity index (χ0n) is 9.77. The second-order valence-electron chi connectivity index (χ2n) is 4.14. The molecule has 0 unspecified atom stereocenters. The normalized spacial score (nSPS) is 12.2. The smallest absolute Gasteiger partial charge is 0.151 e. The SMILES string of the molecule is CCn1cc(CS(C)(=O)=O)c2c(Cl)cccc21. The third-order valence-electron chi connectivity index (χ3n) is 2.69. The molecule has 1 aromatic carbocycles. The molecule has 1 aromatic heterocycles. The highest BCUT2D eigenvalue weighted by Crippen LogP contribution is 2.29. The molecule has 2 aromatic rings. The molecule has 2 rings (SSSR count). The van der Waals surface area contributed by atoms with Gasteiger partial charge in [-0.1, -0.05) is 17.7 Å². The molecule has 0 saturated heterocycles. The molecule has 92 valence electrons. The lowest BCUT2D eigenvalue weighted by molar-refractivity contribution is 0.601. The first-order valence-corrected chi connectivity index (χ1v) is 7.80. The number of aryl methyl sites for hydroxylation is 1. The van der Waals surface area contributed by atoms with Crippen molar-refractivity contribution >= 4 is 32.3 Å². The highest BCUT2D eigenvalue weighted by Gasteiger charge is 2.14. The molecule has 0 aliphatic rings. The van der Waals surface area contributed by atoms with Crippen LogP contribution in [0.3, 0.4) is 0 Å². The molecule has 0 radical (unpaired) electrons. The quantitative estimate of drug-likeness (QED) is 0.861. The van der Waals surface area contributed by atoms with E-state index in [4.69, 9.17) is 11.6 Å². The Morgan fingerprint density at radius 3 is 2.65 bits per heavy atom. The minimum absolute atomic E-state index is 0.0280. The number of hydrogen-bond acceptors (Lipinski definition) is 2. The van der Waals surface area contributed by atoms with Crippen molar-refractivity contribution in [1.82, 2.24) is 4.57 Å². The molecular formula is C12H14ClNO2S. The summed E-state index contributed by atoms with van der Waals surface area (Å²) in [4.78, 5) is 0. The fourth-order valence-corrected chi connectivity index (χ4v) is 3.12. The fourth-order valence-electron chi connectivity index (χ4n) is 2.05. The number of halogens is 1. The number of rotatable bonds is 3. The molecule has 0 bridgehead atoms. The van der Waals surface area contributed by atoms with Crippen LogP contribution in [0, 0.1) is 0 Å². The summed E-state index contributed by atoms with van der Waals surface area (Å²) in [7, 11) is -3.05. The molecule has 0 N–H and O–H groups in total. The minimum Gasteiger partial charge on any atom is -0.347 e. The van der Waals surface area contributed by atoms with Crippen molar-refractivity contribution in [2.45, 2.75) is 19.2 Å². The van der Waals surface area contributed by atoms with Gasteiger partial charge in [0, 0.05) is 29.9 Å². The summed E-state index contributed by atoms with van der Waals surface area (Å²) in [5.74, 6) is 0.0280. The number of nitrogens with zero attached hydrogens (tertiary/aromatic N) is 1. The highest BCUT2D eigenvalue weighted by molar-refractivity contribution is 7.89. The Hall–Kier alpha value is -1.00. The molecule has 0 spiro atoms. The van der Waals surface area contributed by atoms with Gasteiger partial charge in [0.05, 0.1) is 10.8 Å². The Labute approximate surface area is 106 Å². The van der Waals surface area contributed by atoms with Crippen molar-refractivity contribution in [3.8, 4) is 0 Å². The first-order chi connectivity index (χ1) is 7.92. The molecule has 1 heterocycles. The van der Waals surface area contributed by atoms with Gasteiger partial charge in [-0.15, -0.1) is 0 Å². The van der Waals surface area contributed by atoms with Gasteiger partial charge >= 0.3 is 0 Å². The van der Waals surface area contributed by atoms with Gasteiger partial charge in [-0.3, -0.25) is 0 Å². The second-order valence-corrected chi connectivity index (χ2v) is 6.69. The van der Waals surface area contributed by atoms with Gasteiger partial charge in [0.1, 0.15) is 0 Å². The van der Waals surface area contributed by atoms with Crippen molar-refractivity contribution < 1.29 is 8.42 Å². The van der Waals surface area contributed by atoms with Crippen LogP contribution in [0.1, 0.15) is 12.5 Å². The summed E-state index contributed by atoms with van der Waals surface area (Å²) in [5, 5.41) is 1.45. The summed E-state index contributed by atoms with van der Waals surface area (Å²) >= 11 is 6.15. The van der Waals surface area contributed by atoms with Crippen LogP contribution in [-0.4, -0.2) is 19.2 Å². The first kappa shape index (κ1) is 12.5. The van der Waals surface area contributed by atoms with Gasteiger partial charge in [0.2, 0.25) is 0 Å². The molecule has 0 aliphatic heterocycles. The van der Waals surface area contributed by atoms with Crippen LogP contribution in [0.2, 0.25) is 5.02 Å². The van der Waals surface area contributed by atoms with E-state index in [2.05, 4.69) is 0 Å². The Kier molecular flexibility index (Phi) is 3.19. The predicted molar refractivity (Wildman–Crippen MR) is 71.2 cm³/mol. The maximum absolute atomic E-state index is 11.4. The molecular weight excluding hydrogens is 258 g/mol. The average Bonchev–Trinajstić information content (AvgIpc) is 2.55. The Bertz CT molecular complexity index is 658. The van der Waals surface area contributed by atoms with Crippen LogP contribution < -0.4 is 0 Å². The van der Waals surface area contributed by atoms with Crippen LogP contribution in [0.25, 0.3) is 10.9 Å². The predicted octanol–water partition coefficient (Wildman–Crippen LogP) is 2.86. The minimum atomic E-state index is -3.05. The van der Waals surface area contributed by atoms with Crippen LogP contribution in [0.4, 0.5) is 0 Å². The van der Waals surface area contributed by atoms with E-state index in [0.717, 1.165) is 23.0 Å². The number of hydrogen-bond donors (Lipinski definition) is 0. The standard InChI is InChI=1S/C12H14ClNO2S/c1-3-14-7-9(8-17(2,15)16)12-10(13)5-4-6-11(12)14/h4-7H,3,8H2,1-2H3. The summed E-state index contributed by atoms with van der Waals surface area (Å²) in [6.45, 7) is 2.81. The maximum Gasteiger partial charge on any atom is 0.151 e. The number of fused-ring (bicyclic) bond motifs is 1. The zero-order valence-corrected chi connectivity index (χ0v) is 11.3. The third-order valence-corrected chi connectivity index (χ3v) is 3.84. The van der Waals surface area contributed by atoms with Crippen LogP contribution in [0.5, 0.6) is 0 Å². The number of sulfone groups is 1. The lowest BCUT2D eigenvalue weighted by Crippen LogP contribution is -2.00. The van der Waals surface area contributed by atoms with Crippen LogP contribution in [-0.2, 0) is 22.1 Å². The molecule has 0 atom stereocenters. The van der Waals surface area contributed by atoms with E-state index in [1.807, 2.05) is 29.8 Å². The van der Waals surface area contributed by atoms with E-state index >= 15 is 0 Å². The topological polar surface area (TPSA) is 39.1 Å². The summed E-state index contributed by atoms with van der Waals surface area (Å²) < 4.78 is 24.8. The molecule has 0 aliphatic carbocycles. The van der Waals surface area contributed by atoms with Gasteiger partial charge in [0.15, 0.2) is 9.84 Å². The van der Waals surface area contributed by atoms with Crippen molar-refractivity contribution in [3.05, 3.63) is 35.0 Å². The Morgan fingerprint density at radius 2 is 2.06 bits per heavy atom. The highest BCUT2D eigenvalue weighted by atomic mass is 35.5. The summed E-state index contributed by atoms with van der Waals surface area (Å²) in [6.07, 6.45) is 3.11. The second kappa shape index (κ2) is 4.35. The Balaban J connectivity index is 2.71. The molecule has 3 nitrogen and oxygen atoms in total. The summed E-state index contributed by atoms with van der Waals surface area (Å²) in [6, 6.07) is 5.62. The monoisotopic (exact) mass is 271 g/mol. The molecule has 5 heteroatoms. The van der Waals surface area contributed by atoms with E-state index < -0.39 is 9.84 Å². The lowest BCUT2D eigenvalue weighted by atomic mass is 10.2. The van der Waals surface area contributed by atoms with Gasteiger partial charge in [-0.25, -0.2) is 8.42 Å². The lowest BCUT2D eigenvalue weighted by Gasteiger charge is -2.00. The first-order valence-electron chi connectivity index (χ1n) is 5.36. The van der Waals surface area contributed by atoms with Crippen LogP contribution >= 0.6 is 11.6 Å². The molecule has 0 saturated carbocycles. The van der Waals surface area contributed by atoms with Gasteiger partial charge in [-0.05, 0) is 24.6 Å². The van der Waals surface area contributed by atoms with E-state index in [1.165, 1.54) is 6.26 Å². The molecule has 17 heavy (non-hydrogen) atoms. The largest absolute Gasteiger partial charge is 0.347 e. The maximum atomic E-state index is 11.4. The van der Waals surface area contributed by atoms with Crippen molar-refractivity contribution in [2.75, 3.05) is 6.26 Å². The van der Waals surface area contributed by atoms with E-state index in [1.54, 1.807) is 6.07 Å². The van der Waals surface area contributed by atoms with E-state index in [-0.39, 0.29) is 5.75 Å². The zero-order chi connectivity index (χ0) is 12.6. The van der Waals surface area contributed by atoms with E-state index in [9.17, 15) is 8.42 Å². The van der Waals surface area contributed by atoms with Gasteiger partial charge < -0.3 is 4.57 Å².